The van der Waals surface area contributed by atoms with E-state index in [0.717, 1.165) is 3.79 Å². The second-order valence-corrected chi connectivity index (χ2v) is 6.43. The summed E-state index contributed by atoms with van der Waals surface area (Å²) < 4.78 is 0.809. The molecule has 1 heterocycles. The number of halogens is 2. The number of carbonyl (C=O) groups is 2. The van der Waals surface area contributed by atoms with Crippen LogP contribution in [0.1, 0.15) is 20.0 Å². The van der Waals surface area contributed by atoms with Gasteiger partial charge in [0.2, 0.25) is 0 Å². The third-order valence-electron chi connectivity index (χ3n) is 2.25. The van der Waals surface area contributed by atoms with Crippen molar-refractivity contribution in [2.45, 2.75) is 0 Å². The first-order valence-corrected chi connectivity index (χ1v) is 7.03. The molecule has 0 saturated carbocycles. The Bertz CT molecular complexity index is 656. The minimum Gasteiger partial charge on any atom is -0.545 e. The van der Waals surface area contributed by atoms with Crippen molar-refractivity contribution in [3.63, 3.8) is 0 Å². The molecule has 0 atom stereocenters. The van der Waals surface area contributed by atoms with Gasteiger partial charge >= 0.3 is 0 Å². The van der Waals surface area contributed by atoms with Crippen molar-refractivity contribution >= 4 is 56.4 Å². The zero-order valence-corrected chi connectivity index (χ0v) is 12.4. The molecule has 0 spiro atoms. The molecule has 98 valence electrons. The molecular weight excluding hydrogens is 354 g/mol. The fourth-order valence-electron chi connectivity index (χ4n) is 1.42. The van der Waals surface area contributed by atoms with Crippen LogP contribution < -0.4 is 10.4 Å². The summed E-state index contributed by atoms with van der Waals surface area (Å²) >= 11 is 10.3. The van der Waals surface area contributed by atoms with Crippen molar-refractivity contribution in [1.82, 2.24) is 0 Å². The number of rotatable bonds is 3. The topological polar surface area (TPSA) is 69.2 Å². The second-order valence-electron chi connectivity index (χ2n) is 3.54. The van der Waals surface area contributed by atoms with Gasteiger partial charge in [-0.2, -0.15) is 0 Å². The highest BCUT2D eigenvalue weighted by Crippen LogP contribution is 2.25. The molecule has 2 rings (SSSR count). The van der Waals surface area contributed by atoms with Gasteiger partial charge in [0.05, 0.1) is 20.3 Å². The minimum absolute atomic E-state index is 0.113. The van der Waals surface area contributed by atoms with Gasteiger partial charge in [-0.3, -0.25) is 4.79 Å². The summed E-state index contributed by atoms with van der Waals surface area (Å²) in [6.07, 6.45) is 0. The second kappa shape index (κ2) is 5.73. The molecule has 0 aliphatic rings. The van der Waals surface area contributed by atoms with E-state index in [9.17, 15) is 14.7 Å². The molecule has 0 radical (unpaired) electrons. The van der Waals surface area contributed by atoms with Crippen molar-refractivity contribution < 1.29 is 14.7 Å². The average molecular weight is 360 g/mol. The maximum atomic E-state index is 11.9. The number of benzene rings is 1. The van der Waals surface area contributed by atoms with E-state index in [2.05, 4.69) is 21.2 Å². The number of hydrogen-bond acceptors (Lipinski definition) is 4. The Morgan fingerprint density at radius 3 is 2.58 bits per heavy atom. The summed E-state index contributed by atoms with van der Waals surface area (Å²) in [5.74, 6) is -1.78. The predicted molar refractivity (Wildman–Crippen MR) is 75.8 cm³/mol. The molecular formula is C12H6BrClNO3S-. The normalized spacial score (nSPS) is 10.2. The Labute approximate surface area is 126 Å². The third-order valence-corrected chi connectivity index (χ3v) is 4.10. The molecule has 0 aliphatic heterocycles. The van der Waals surface area contributed by atoms with Crippen LogP contribution in [0.2, 0.25) is 5.02 Å². The summed E-state index contributed by atoms with van der Waals surface area (Å²) in [5, 5.41) is 13.8. The number of thiophene rings is 1. The van der Waals surface area contributed by atoms with E-state index in [1.165, 1.54) is 29.5 Å². The number of anilines is 1. The van der Waals surface area contributed by atoms with Crippen LogP contribution in [0.5, 0.6) is 0 Å². The molecule has 4 nitrogen and oxygen atoms in total. The lowest BCUT2D eigenvalue weighted by Crippen LogP contribution is -2.24. The summed E-state index contributed by atoms with van der Waals surface area (Å²) in [6.45, 7) is 0. The third kappa shape index (κ3) is 3.34. The van der Waals surface area contributed by atoms with Gasteiger partial charge in [0, 0.05) is 10.6 Å². The van der Waals surface area contributed by atoms with E-state index in [-0.39, 0.29) is 11.3 Å². The van der Waals surface area contributed by atoms with Gasteiger partial charge in [-0.1, -0.05) is 11.6 Å². The minimum atomic E-state index is -1.38. The first-order chi connectivity index (χ1) is 8.97. The highest BCUT2D eigenvalue weighted by Gasteiger charge is 2.12. The maximum Gasteiger partial charge on any atom is 0.265 e. The number of nitrogens with one attached hydrogen (secondary N) is 1. The van der Waals surface area contributed by atoms with Gasteiger partial charge in [-0.05, 0) is 46.3 Å². The van der Waals surface area contributed by atoms with Crippen LogP contribution in [0, 0.1) is 0 Å². The van der Waals surface area contributed by atoms with Crippen molar-refractivity contribution in [3.05, 3.63) is 49.6 Å². The molecule has 1 aromatic carbocycles. The van der Waals surface area contributed by atoms with Gasteiger partial charge in [-0.15, -0.1) is 11.3 Å². The molecule has 0 aliphatic carbocycles. The van der Waals surface area contributed by atoms with Gasteiger partial charge in [0.1, 0.15) is 0 Å². The Hall–Kier alpha value is -1.37. The maximum absolute atomic E-state index is 11.9. The zero-order valence-electron chi connectivity index (χ0n) is 9.28. The largest absolute Gasteiger partial charge is 0.545 e. The van der Waals surface area contributed by atoms with Crippen LogP contribution in [-0.4, -0.2) is 11.9 Å². The fraction of sp³-hybridized carbons (Fsp3) is 0. The predicted octanol–water partition coefficient (Wildman–Crippen LogP) is 2.78. The lowest BCUT2D eigenvalue weighted by Gasteiger charge is -2.11. The highest BCUT2D eigenvalue weighted by molar-refractivity contribution is 9.11. The standard InChI is InChI=1S/C12H7BrClNO3S/c13-10-4-3-9(19-10)11(16)15-8-5-6(14)1-2-7(8)12(17)18/h1-5H,(H,15,16)(H,17,18)/p-1. The Balaban J connectivity index is 2.30. The van der Waals surface area contributed by atoms with Gasteiger partial charge in [-0.25, -0.2) is 0 Å². The number of amides is 1. The van der Waals surface area contributed by atoms with Crippen molar-refractivity contribution in [3.8, 4) is 0 Å². The highest BCUT2D eigenvalue weighted by atomic mass is 79.9. The zero-order chi connectivity index (χ0) is 14.0. The molecule has 0 fully saturated rings. The van der Waals surface area contributed by atoms with Crippen LogP contribution in [-0.2, 0) is 0 Å². The van der Waals surface area contributed by atoms with Crippen molar-refractivity contribution in [2.75, 3.05) is 5.32 Å². The average Bonchev–Trinajstić information content (AvgIpc) is 2.75. The Kier molecular flexibility index (Phi) is 4.24. The van der Waals surface area contributed by atoms with E-state index >= 15 is 0 Å². The number of carboxylic acids is 1. The molecule has 1 amide bonds. The molecule has 2 aromatic rings. The van der Waals surface area contributed by atoms with Crippen LogP contribution >= 0.6 is 38.9 Å². The molecule has 1 aromatic heterocycles. The van der Waals surface area contributed by atoms with Crippen LogP contribution in [0.25, 0.3) is 0 Å². The van der Waals surface area contributed by atoms with Gasteiger partial charge in [0.15, 0.2) is 0 Å². The lowest BCUT2D eigenvalue weighted by molar-refractivity contribution is -0.254. The number of carboxylic acid groups (broad SMARTS) is 1. The SMILES string of the molecule is O=C(Nc1cc(Cl)ccc1C(=O)[O-])c1ccc(Br)s1. The van der Waals surface area contributed by atoms with Crippen LogP contribution in [0.4, 0.5) is 5.69 Å². The summed E-state index contributed by atoms with van der Waals surface area (Å²) in [6, 6.07) is 7.44. The Morgan fingerprint density at radius 2 is 2.00 bits per heavy atom. The molecule has 0 unspecified atom stereocenters. The molecule has 19 heavy (non-hydrogen) atoms. The van der Waals surface area contributed by atoms with Crippen LogP contribution in [0.15, 0.2) is 34.1 Å². The molecule has 7 heteroatoms. The summed E-state index contributed by atoms with van der Waals surface area (Å²) in [5.41, 5.74) is -0.00426. The van der Waals surface area contributed by atoms with E-state index in [1.807, 2.05) is 0 Å². The monoisotopic (exact) mass is 358 g/mol. The summed E-state index contributed by atoms with van der Waals surface area (Å²) in [7, 11) is 0. The number of aromatic carboxylic acids is 1. The van der Waals surface area contributed by atoms with E-state index in [1.54, 1.807) is 12.1 Å². The van der Waals surface area contributed by atoms with Crippen LogP contribution in [0.3, 0.4) is 0 Å². The van der Waals surface area contributed by atoms with Gasteiger partial charge in [0.25, 0.3) is 5.91 Å². The lowest BCUT2D eigenvalue weighted by atomic mass is 10.2. The van der Waals surface area contributed by atoms with Crippen molar-refractivity contribution in [1.29, 1.82) is 0 Å². The number of carbonyl (C=O) groups excluding carboxylic acids is 2. The molecule has 0 saturated heterocycles. The fourth-order valence-corrected chi connectivity index (χ4v) is 2.87. The van der Waals surface area contributed by atoms with Gasteiger partial charge < -0.3 is 15.2 Å². The first kappa shape index (κ1) is 14.0. The smallest absolute Gasteiger partial charge is 0.265 e. The van der Waals surface area contributed by atoms with E-state index in [4.69, 9.17) is 11.6 Å². The Morgan fingerprint density at radius 1 is 1.26 bits per heavy atom. The molecule has 1 N–H and O–H groups in total. The number of hydrogen-bond donors (Lipinski definition) is 1. The quantitative estimate of drug-likeness (QED) is 0.916. The van der Waals surface area contributed by atoms with E-state index in [0.29, 0.717) is 9.90 Å². The first-order valence-electron chi connectivity index (χ1n) is 5.05. The van der Waals surface area contributed by atoms with Crippen molar-refractivity contribution in [2.24, 2.45) is 0 Å². The van der Waals surface area contributed by atoms with E-state index < -0.39 is 11.9 Å². The molecule has 0 bridgehead atoms. The summed E-state index contributed by atoms with van der Waals surface area (Å²) in [4.78, 5) is 23.3.